The first-order valence-electron chi connectivity index (χ1n) is 3.43. The zero-order valence-electron chi connectivity index (χ0n) is 6.50. The van der Waals surface area contributed by atoms with Crippen LogP contribution in [-0.2, 0) is 6.54 Å². The van der Waals surface area contributed by atoms with Crippen molar-refractivity contribution < 1.29 is 4.74 Å². The molecule has 0 saturated heterocycles. The summed E-state index contributed by atoms with van der Waals surface area (Å²) in [6, 6.07) is 7.99. The summed E-state index contributed by atoms with van der Waals surface area (Å²) < 4.78 is 5.02. The Morgan fingerprint density at radius 3 is 2.45 bits per heavy atom. The fraction of sp³-hybridized carbons (Fsp3) is 0.250. The Morgan fingerprint density at radius 1 is 1.36 bits per heavy atom. The van der Waals surface area contributed by atoms with Gasteiger partial charge in [-0.05, 0) is 17.7 Å². The maximum absolute atomic E-state index is 5.02. The third-order valence-corrected chi connectivity index (χ3v) is 1.67. The van der Waals surface area contributed by atoms with Crippen LogP contribution in [0.25, 0.3) is 0 Å². The van der Waals surface area contributed by atoms with E-state index in [-0.39, 0.29) is 0 Å². The molecule has 0 aromatic heterocycles. The number of hydrogen-bond donors (Lipinski definition) is 1. The molecular weight excluding hydrogens is 157 g/mol. The summed E-state index contributed by atoms with van der Waals surface area (Å²) in [5.41, 5.74) is 1.25. The van der Waals surface area contributed by atoms with Crippen LogP contribution in [0.2, 0.25) is 0 Å². The van der Waals surface area contributed by atoms with Gasteiger partial charge in [0.2, 0.25) is 0 Å². The van der Waals surface area contributed by atoms with Crippen molar-refractivity contribution in [3.05, 3.63) is 29.8 Å². The summed E-state index contributed by atoms with van der Waals surface area (Å²) in [6.07, 6.45) is 0. The molecule has 0 aliphatic heterocycles. The summed E-state index contributed by atoms with van der Waals surface area (Å²) in [6.45, 7) is 0.870. The molecule has 0 spiro atoms. The first-order chi connectivity index (χ1) is 5.36. The molecule has 2 nitrogen and oxygen atoms in total. The van der Waals surface area contributed by atoms with Crippen LogP contribution in [-0.4, -0.2) is 7.11 Å². The van der Waals surface area contributed by atoms with Crippen molar-refractivity contribution in [2.45, 2.75) is 6.54 Å². The monoisotopic (exact) mass is 169 g/mol. The van der Waals surface area contributed by atoms with Gasteiger partial charge in [0.15, 0.2) is 0 Å². The molecule has 1 unspecified atom stereocenters. The fourth-order valence-corrected chi connectivity index (χ4v) is 1.10. The third-order valence-electron chi connectivity index (χ3n) is 1.47. The van der Waals surface area contributed by atoms with Crippen molar-refractivity contribution in [1.29, 1.82) is 0 Å². The Kier molecular flexibility index (Phi) is 3.34. The van der Waals surface area contributed by atoms with Gasteiger partial charge in [0.05, 0.1) is 7.11 Å². The lowest BCUT2D eigenvalue weighted by molar-refractivity contribution is 0.414. The molecule has 1 rings (SSSR count). The molecule has 0 aliphatic carbocycles. The van der Waals surface area contributed by atoms with Crippen molar-refractivity contribution in [3.63, 3.8) is 0 Å². The minimum absolute atomic E-state index is 0.870. The quantitative estimate of drug-likeness (QED) is 0.693. The SMILES string of the molecule is COc1ccc(CNP)cc1. The Hall–Kier alpha value is -0.590. The van der Waals surface area contributed by atoms with Crippen molar-refractivity contribution in [1.82, 2.24) is 5.09 Å². The minimum atomic E-state index is 0.870. The van der Waals surface area contributed by atoms with Crippen molar-refractivity contribution in [3.8, 4) is 5.75 Å². The molecule has 0 amide bonds. The van der Waals surface area contributed by atoms with E-state index in [1.165, 1.54) is 5.56 Å². The van der Waals surface area contributed by atoms with Crippen LogP contribution in [0, 0.1) is 0 Å². The van der Waals surface area contributed by atoms with Gasteiger partial charge >= 0.3 is 0 Å². The molecule has 0 aliphatic rings. The Labute approximate surface area is 69.2 Å². The number of methoxy groups -OCH3 is 1. The summed E-state index contributed by atoms with van der Waals surface area (Å²) in [4.78, 5) is 0. The van der Waals surface area contributed by atoms with E-state index in [9.17, 15) is 0 Å². The molecule has 0 radical (unpaired) electrons. The molecule has 3 heteroatoms. The van der Waals surface area contributed by atoms with Crippen LogP contribution in [0.1, 0.15) is 5.56 Å². The van der Waals surface area contributed by atoms with Crippen LogP contribution < -0.4 is 9.82 Å². The van der Waals surface area contributed by atoms with E-state index >= 15 is 0 Å². The molecule has 0 bridgehead atoms. The van der Waals surface area contributed by atoms with Gasteiger partial charge in [0.1, 0.15) is 5.75 Å². The number of benzene rings is 1. The van der Waals surface area contributed by atoms with Gasteiger partial charge in [0.25, 0.3) is 0 Å². The van der Waals surface area contributed by atoms with Crippen LogP contribution in [0.15, 0.2) is 24.3 Å². The molecule has 0 fully saturated rings. The summed E-state index contributed by atoms with van der Waals surface area (Å²) >= 11 is 0. The first-order valence-corrected chi connectivity index (χ1v) is 4.01. The number of nitrogens with one attached hydrogen (secondary N) is 1. The highest BCUT2D eigenvalue weighted by Gasteiger charge is 1.90. The molecule has 60 valence electrons. The molecule has 11 heavy (non-hydrogen) atoms. The van der Waals surface area contributed by atoms with Gasteiger partial charge in [0, 0.05) is 6.54 Å². The topological polar surface area (TPSA) is 21.3 Å². The van der Waals surface area contributed by atoms with E-state index in [1.54, 1.807) is 7.11 Å². The molecule has 1 N–H and O–H groups in total. The lowest BCUT2D eigenvalue weighted by Crippen LogP contribution is -1.96. The number of hydrogen-bond acceptors (Lipinski definition) is 2. The van der Waals surface area contributed by atoms with E-state index in [0.29, 0.717) is 0 Å². The van der Waals surface area contributed by atoms with Crippen LogP contribution >= 0.6 is 9.39 Å². The van der Waals surface area contributed by atoms with Gasteiger partial charge in [-0.3, -0.25) is 5.09 Å². The Balaban J connectivity index is 2.66. The molecule has 0 heterocycles. The predicted octanol–water partition coefficient (Wildman–Crippen LogP) is 1.57. The van der Waals surface area contributed by atoms with Crippen LogP contribution in [0.3, 0.4) is 0 Å². The van der Waals surface area contributed by atoms with Gasteiger partial charge in [-0.2, -0.15) is 0 Å². The van der Waals surface area contributed by atoms with Gasteiger partial charge in [-0.1, -0.05) is 21.5 Å². The zero-order valence-corrected chi connectivity index (χ0v) is 7.66. The summed E-state index contributed by atoms with van der Waals surface area (Å²) in [7, 11) is 4.14. The minimum Gasteiger partial charge on any atom is -0.497 e. The normalized spacial score (nSPS) is 9.64. The van der Waals surface area contributed by atoms with Gasteiger partial charge < -0.3 is 4.74 Å². The average Bonchev–Trinajstić information content (AvgIpc) is 2.07. The maximum atomic E-state index is 5.02. The lowest BCUT2D eigenvalue weighted by Gasteiger charge is -2.01. The maximum Gasteiger partial charge on any atom is 0.118 e. The first kappa shape index (κ1) is 8.51. The molecule has 0 saturated carbocycles. The predicted molar refractivity (Wildman–Crippen MR) is 49.5 cm³/mol. The van der Waals surface area contributed by atoms with Crippen LogP contribution in [0.5, 0.6) is 5.75 Å². The molecule has 1 aromatic carbocycles. The summed E-state index contributed by atoms with van der Waals surface area (Å²) in [5, 5.41) is 3.00. The Bertz CT molecular complexity index is 210. The second-order valence-corrected chi connectivity index (χ2v) is 2.64. The highest BCUT2D eigenvalue weighted by Crippen LogP contribution is 2.10. The van der Waals surface area contributed by atoms with Gasteiger partial charge in [-0.15, -0.1) is 0 Å². The van der Waals surface area contributed by atoms with Gasteiger partial charge in [-0.25, -0.2) is 0 Å². The van der Waals surface area contributed by atoms with E-state index in [4.69, 9.17) is 4.74 Å². The van der Waals surface area contributed by atoms with E-state index in [1.807, 2.05) is 24.3 Å². The third kappa shape index (κ3) is 2.49. The number of ether oxygens (including phenoxy) is 1. The average molecular weight is 169 g/mol. The molecular formula is C8H12NOP. The van der Waals surface area contributed by atoms with E-state index in [0.717, 1.165) is 12.3 Å². The fourth-order valence-electron chi connectivity index (χ4n) is 0.861. The van der Waals surface area contributed by atoms with E-state index < -0.39 is 0 Å². The number of rotatable bonds is 3. The van der Waals surface area contributed by atoms with E-state index in [2.05, 4.69) is 14.5 Å². The highest BCUT2D eigenvalue weighted by atomic mass is 31.0. The summed E-state index contributed by atoms with van der Waals surface area (Å²) in [5.74, 6) is 0.900. The van der Waals surface area contributed by atoms with Crippen molar-refractivity contribution in [2.24, 2.45) is 0 Å². The second kappa shape index (κ2) is 4.32. The molecule has 1 atom stereocenters. The Morgan fingerprint density at radius 2 is 2.00 bits per heavy atom. The largest absolute Gasteiger partial charge is 0.497 e. The van der Waals surface area contributed by atoms with Crippen molar-refractivity contribution >= 4 is 9.39 Å². The van der Waals surface area contributed by atoms with Crippen molar-refractivity contribution in [2.75, 3.05) is 7.11 Å². The zero-order chi connectivity index (χ0) is 8.10. The standard InChI is InChI=1S/C8H12NOP/c1-10-8-4-2-7(3-5-8)6-9-11/h2-5,9H,6,11H2,1H3. The second-order valence-electron chi connectivity index (χ2n) is 2.23. The van der Waals surface area contributed by atoms with Crippen LogP contribution in [0.4, 0.5) is 0 Å². The smallest absolute Gasteiger partial charge is 0.118 e. The highest BCUT2D eigenvalue weighted by molar-refractivity contribution is 7.13. The lowest BCUT2D eigenvalue weighted by atomic mass is 10.2. The molecule has 1 aromatic rings.